The number of ether oxygens (including phenoxy) is 1. The topological polar surface area (TPSA) is 46.5 Å². The monoisotopic (exact) mass is 234 g/mol. The number of hydrogen-bond acceptors (Lipinski definition) is 2. The van der Waals surface area contributed by atoms with Crippen molar-refractivity contribution in [2.24, 2.45) is 0 Å². The van der Waals surface area contributed by atoms with Crippen LogP contribution in [0.2, 0.25) is 0 Å². The van der Waals surface area contributed by atoms with Crippen LogP contribution in [0.3, 0.4) is 0 Å². The van der Waals surface area contributed by atoms with Crippen molar-refractivity contribution >= 4 is 5.97 Å². The number of rotatable bonds is 3. The van der Waals surface area contributed by atoms with Gasteiger partial charge in [-0.25, -0.2) is 4.79 Å². The van der Waals surface area contributed by atoms with Crippen molar-refractivity contribution in [3.8, 4) is 5.75 Å². The Morgan fingerprint density at radius 3 is 2.56 bits per heavy atom. The number of aliphatic carboxylic acids is 1. The second-order valence-electron chi connectivity index (χ2n) is 3.18. The van der Waals surface area contributed by atoms with Gasteiger partial charge >= 0.3 is 12.1 Å². The van der Waals surface area contributed by atoms with Gasteiger partial charge in [-0.15, -0.1) is 0 Å². The summed E-state index contributed by atoms with van der Waals surface area (Å²) in [5.74, 6) is -1.79. The number of alkyl halides is 3. The fourth-order valence-electron chi connectivity index (χ4n) is 1.12. The smallest absolute Gasteiger partial charge is 0.419 e. The van der Waals surface area contributed by atoms with E-state index in [0.717, 1.165) is 12.1 Å². The molecule has 0 atom stereocenters. The Hall–Kier alpha value is -1.72. The Bertz CT molecular complexity index is 399. The Labute approximate surface area is 89.5 Å². The third kappa shape index (κ3) is 3.15. The molecule has 0 bridgehead atoms. The molecule has 0 aliphatic heterocycles. The molecule has 0 aliphatic rings. The van der Waals surface area contributed by atoms with E-state index in [0.29, 0.717) is 5.56 Å². The number of carbonyl (C=O) groups is 1. The quantitative estimate of drug-likeness (QED) is 0.873. The minimum absolute atomic E-state index is 0.463. The highest BCUT2D eigenvalue weighted by molar-refractivity contribution is 5.68. The van der Waals surface area contributed by atoms with Gasteiger partial charge in [0.05, 0.1) is 5.56 Å². The number of benzene rings is 1. The molecule has 0 spiro atoms. The first kappa shape index (κ1) is 12.4. The van der Waals surface area contributed by atoms with Crippen molar-refractivity contribution in [1.29, 1.82) is 0 Å². The van der Waals surface area contributed by atoms with Gasteiger partial charge in [-0.1, -0.05) is 6.07 Å². The molecule has 0 amide bonds. The van der Waals surface area contributed by atoms with Crippen molar-refractivity contribution in [3.63, 3.8) is 0 Å². The van der Waals surface area contributed by atoms with Crippen LogP contribution in [0.15, 0.2) is 18.2 Å². The summed E-state index contributed by atoms with van der Waals surface area (Å²) in [6, 6.07) is 3.31. The van der Waals surface area contributed by atoms with Crippen LogP contribution in [0.5, 0.6) is 5.75 Å². The van der Waals surface area contributed by atoms with Crippen molar-refractivity contribution in [3.05, 3.63) is 29.3 Å². The van der Waals surface area contributed by atoms with E-state index < -0.39 is 30.1 Å². The highest BCUT2D eigenvalue weighted by Gasteiger charge is 2.34. The molecule has 6 heteroatoms. The maximum atomic E-state index is 12.5. The lowest BCUT2D eigenvalue weighted by Gasteiger charge is -2.13. The van der Waals surface area contributed by atoms with E-state index in [9.17, 15) is 18.0 Å². The third-order valence-corrected chi connectivity index (χ3v) is 1.79. The summed E-state index contributed by atoms with van der Waals surface area (Å²) < 4.78 is 42.0. The van der Waals surface area contributed by atoms with Gasteiger partial charge in [0.2, 0.25) is 0 Å². The zero-order valence-electron chi connectivity index (χ0n) is 8.34. The van der Waals surface area contributed by atoms with Gasteiger partial charge in [-0.2, -0.15) is 13.2 Å². The summed E-state index contributed by atoms with van der Waals surface area (Å²) in [4.78, 5) is 10.2. The molecule has 0 fully saturated rings. The van der Waals surface area contributed by atoms with Gasteiger partial charge in [0.25, 0.3) is 0 Å². The minimum atomic E-state index is -4.55. The summed E-state index contributed by atoms with van der Waals surface area (Å²) in [7, 11) is 0. The standard InChI is InChI=1S/C10H9F3O3/c1-6-2-3-7(10(11,12)13)8(4-6)16-5-9(14)15/h2-4H,5H2,1H3,(H,14,15). The zero-order chi connectivity index (χ0) is 12.3. The van der Waals surface area contributed by atoms with E-state index in [1.807, 2.05) is 0 Å². The molecule has 16 heavy (non-hydrogen) atoms. The summed E-state index contributed by atoms with van der Waals surface area (Å²) in [6.07, 6.45) is -4.55. The molecule has 1 aromatic rings. The van der Waals surface area contributed by atoms with E-state index in [-0.39, 0.29) is 0 Å². The first-order chi connectivity index (χ1) is 7.30. The lowest BCUT2D eigenvalue weighted by atomic mass is 10.1. The molecule has 0 unspecified atom stereocenters. The number of carboxylic acid groups (broad SMARTS) is 1. The summed E-state index contributed by atoms with van der Waals surface area (Å²) in [5, 5.41) is 8.33. The number of halogens is 3. The minimum Gasteiger partial charge on any atom is -0.481 e. The average Bonchev–Trinajstić information content (AvgIpc) is 2.12. The van der Waals surface area contributed by atoms with Crippen LogP contribution >= 0.6 is 0 Å². The van der Waals surface area contributed by atoms with Crippen LogP contribution in [0.1, 0.15) is 11.1 Å². The fraction of sp³-hybridized carbons (Fsp3) is 0.300. The molecule has 0 saturated heterocycles. The molecule has 0 radical (unpaired) electrons. The van der Waals surface area contributed by atoms with Crippen LogP contribution in [-0.2, 0) is 11.0 Å². The van der Waals surface area contributed by atoms with Gasteiger partial charge in [0.15, 0.2) is 6.61 Å². The molecule has 88 valence electrons. The van der Waals surface area contributed by atoms with Crippen LogP contribution in [-0.4, -0.2) is 17.7 Å². The van der Waals surface area contributed by atoms with Gasteiger partial charge in [-0.05, 0) is 24.6 Å². The van der Waals surface area contributed by atoms with Crippen molar-refractivity contribution in [1.82, 2.24) is 0 Å². The Kier molecular flexibility index (Phi) is 3.41. The molecule has 1 rings (SSSR count). The predicted octanol–water partition coefficient (Wildman–Crippen LogP) is 2.48. The summed E-state index contributed by atoms with van der Waals surface area (Å²) in [5.41, 5.74) is -0.410. The van der Waals surface area contributed by atoms with Crippen molar-refractivity contribution < 1.29 is 27.8 Å². The highest BCUT2D eigenvalue weighted by Crippen LogP contribution is 2.36. The Morgan fingerprint density at radius 1 is 1.44 bits per heavy atom. The van der Waals surface area contributed by atoms with Crippen molar-refractivity contribution in [2.75, 3.05) is 6.61 Å². The number of aryl methyl sites for hydroxylation is 1. The van der Waals surface area contributed by atoms with Crippen LogP contribution < -0.4 is 4.74 Å². The van der Waals surface area contributed by atoms with Crippen molar-refractivity contribution in [2.45, 2.75) is 13.1 Å². The van der Waals surface area contributed by atoms with E-state index >= 15 is 0 Å². The van der Waals surface area contributed by atoms with Crippen LogP contribution in [0.25, 0.3) is 0 Å². The van der Waals surface area contributed by atoms with Gasteiger partial charge in [0.1, 0.15) is 5.75 Å². The van der Waals surface area contributed by atoms with E-state index in [1.54, 1.807) is 6.92 Å². The molecular weight excluding hydrogens is 225 g/mol. The fourth-order valence-corrected chi connectivity index (χ4v) is 1.12. The van der Waals surface area contributed by atoms with Gasteiger partial charge in [-0.3, -0.25) is 0 Å². The molecular formula is C10H9F3O3. The Balaban J connectivity index is 3.04. The highest BCUT2D eigenvalue weighted by atomic mass is 19.4. The first-order valence-electron chi connectivity index (χ1n) is 4.33. The molecule has 0 aromatic heterocycles. The largest absolute Gasteiger partial charge is 0.481 e. The van der Waals surface area contributed by atoms with E-state index in [1.165, 1.54) is 6.07 Å². The second kappa shape index (κ2) is 4.42. The van der Waals surface area contributed by atoms with E-state index in [2.05, 4.69) is 4.74 Å². The first-order valence-corrected chi connectivity index (χ1v) is 4.33. The molecule has 1 aromatic carbocycles. The predicted molar refractivity (Wildman–Crippen MR) is 49.3 cm³/mol. The molecule has 0 heterocycles. The summed E-state index contributed by atoms with van der Waals surface area (Å²) >= 11 is 0. The maximum Gasteiger partial charge on any atom is 0.419 e. The number of carboxylic acids is 1. The molecule has 1 N–H and O–H groups in total. The van der Waals surface area contributed by atoms with Gasteiger partial charge < -0.3 is 9.84 Å². The second-order valence-corrected chi connectivity index (χ2v) is 3.18. The normalized spacial score (nSPS) is 11.2. The zero-order valence-corrected chi connectivity index (χ0v) is 8.34. The molecule has 3 nitrogen and oxygen atoms in total. The lowest BCUT2D eigenvalue weighted by molar-refractivity contribution is -0.143. The lowest BCUT2D eigenvalue weighted by Crippen LogP contribution is -2.14. The number of hydrogen-bond donors (Lipinski definition) is 1. The van der Waals surface area contributed by atoms with E-state index in [4.69, 9.17) is 5.11 Å². The SMILES string of the molecule is Cc1ccc(C(F)(F)F)c(OCC(=O)O)c1. The summed E-state index contributed by atoms with van der Waals surface area (Å²) in [6.45, 7) is 0.792. The Morgan fingerprint density at radius 2 is 2.06 bits per heavy atom. The molecule has 0 saturated carbocycles. The van der Waals surface area contributed by atoms with Crippen LogP contribution in [0, 0.1) is 6.92 Å². The van der Waals surface area contributed by atoms with Crippen LogP contribution in [0.4, 0.5) is 13.2 Å². The average molecular weight is 234 g/mol. The maximum absolute atomic E-state index is 12.5. The molecule has 0 aliphatic carbocycles. The van der Waals surface area contributed by atoms with Gasteiger partial charge in [0, 0.05) is 0 Å². The third-order valence-electron chi connectivity index (χ3n) is 1.79.